The maximum atomic E-state index is 14.4. The molecule has 4 aliphatic rings. The minimum Gasteiger partial charge on any atom is -0.274 e. The number of benzene rings is 4. The summed E-state index contributed by atoms with van der Waals surface area (Å²) in [6.07, 6.45) is 1.55. The van der Waals surface area contributed by atoms with E-state index in [1.807, 2.05) is 48.5 Å². The van der Waals surface area contributed by atoms with Crippen LogP contribution in [0, 0.1) is 32.1 Å². The van der Waals surface area contributed by atoms with Gasteiger partial charge in [0.2, 0.25) is 11.8 Å². The van der Waals surface area contributed by atoms with Crippen molar-refractivity contribution in [3.05, 3.63) is 138 Å². The van der Waals surface area contributed by atoms with E-state index < -0.39 is 38.5 Å². The summed E-state index contributed by atoms with van der Waals surface area (Å²) in [5.74, 6) is -2.56. The molecular formula is C31H20BrN5O6. The molecule has 0 unspecified atom stereocenters. The van der Waals surface area contributed by atoms with E-state index in [2.05, 4.69) is 26.5 Å². The van der Waals surface area contributed by atoms with E-state index in [1.54, 1.807) is 30.5 Å². The number of anilines is 2. The average Bonchev–Trinajstić information content (AvgIpc) is 3.28. The molecule has 1 aliphatic heterocycles. The fraction of sp³-hybridized carbons (Fsp3) is 0.129. The van der Waals surface area contributed by atoms with Crippen molar-refractivity contribution in [1.82, 2.24) is 0 Å². The number of hydrogen-bond acceptors (Lipinski definition) is 8. The molecule has 11 nitrogen and oxygen atoms in total. The Morgan fingerprint density at radius 3 is 2.07 bits per heavy atom. The number of nitrogens with one attached hydrogen (secondary N) is 1. The van der Waals surface area contributed by atoms with Crippen LogP contribution in [0.5, 0.6) is 0 Å². The zero-order valence-electron chi connectivity index (χ0n) is 22.1. The summed E-state index contributed by atoms with van der Waals surface area (Å²) in [6.45, 7) is 0. The van der Waals surface area contributed by atoms with Crippen molar-refractivity contribution in [3.63, 3.8) is 0 Å². The first kappa shape index (κ1) is 26.7. The Balaban J connectivity index is 1.41. The summed E-state index contributed by atoms with van der Waals surface area (Å²) in [7, 11) is 0. The highest BCUT2D eigenvalue weighted by atomic mass is 79.9. The molecule has 0 spiro atoms. The fourth-order valence-corrected chi connectivity index (χ4v) is 7.24. The third kappa shape index (κ3) is 3.76. The Labute approximate surface area is 252 Å². The molecule has 2 amide bonds. The quantitative estimate of drug-likeness (QED) is 0.119. The van der Waals surface area contributed by atoms with Crippen LogP contribution in [0.25, 0.3) is 0 Å². The number of carbonyl (C=O) groups excluding carboxylic acids is 2. The highest BCUT2D eigenvalue weighted by Gasteiger charge is 2.68. The van der Waals surface area contributed by atoms with Crippen molar-refractivity contribution in [2.75, 3.05) is 10.3 Å². The van der Waals surface area contributed by atoms with Crippen LogP contribution in [0.4, 0.5) is 22.7 Å². The predicted octanol–water partition coefficient (Wildman–Crippen LogP) is 5.91. The zero-order valence-corrected chi connectivity index (χ0v) is 23.7. The second-order valence-electron chi connectivity index (χ2n) is 10.6. The van der Waals surface area contributed by atoms with Crippen LogP contribution in [0.2, 0.25) is 0 Å². The Kier molecular flexibility index (Phi) is 5.99. The number of imide groups is 1. The minimum atomic E-state index is -1.19. The van der Waals surface area contributed by atoms with Gasteiger partial charge in [0.1, 0.15) is 5.69 Å². The van der Waals surface area contributed by atoms with Gasteiger partial charge in [-0.1, -0.05) is 64.5 Å². The molecular weight excluding hydrogens is 618 g/mol. The van der Waals surface area contributed by atoms with Crippen molar-refractivity contribution < 1.29 is 19.4 Å². The highest BCUT2D eigenvalue weighted by Crippen LogP contribution is 2.63. The largest absolute Gasteiger partial charge is 0.301 e. The van der Waals surface area contributed by atoms with Crippen molar-refractivity contribution in [1.29, 1.82) is 0 Å². The molecule has 0 radical (unpaired) electrons. The molecule has 0 aromatic heterocycles. The topological polar surface area (TPSA) is 148 Å². The molecule has 12 heteroatoms. The van der Waals surface area contributed by atoms with E-state index in [9.17, 15) is 29.8 Å². The van der Waals surface area contributed by atoms with E-state index in [0.29, 0.717) is 5.69 Å². The first-order valence-electron chi connectivity index (χ1n) is 13.3. The molecule has 3 aliphatic carbocycles. The number of halogens is 1. The van der Waals surface area contributed by atoms with Crippen LogP contribution in [-0.4, -0.2) is 27.9 Å². The van der Waals surface area contributed by atoms with Crippen LogP contribution >= 0.6 is 15.9 Å². The molecule has 0 saturated carbocycles. The highest BCUT2D eigenvalue weighted by molar-refractivity contribution is 9.10. The van der Waals surface area contributed by atoms with Crippen LogP contribution in [0.1, 0.15) is 28.2 Å². The number of rotatable bonds is 6. The van der Waals surface area contributed by atoms with Gasteiger partial charge >= 0.3 is 5.69 Å². The fourth-order valence-electron chi connectivity index (χ4n) is 6.98. The summed E-state index contributed by atoms with van der Waals surface area (Å²) in [4.78, 5) is 51.3. The summed E-state index contributed by atoms with van der Waals surface area (Å²) in [5, 5.41) is 27.4. The van der Waals surface area contributed by atoms with Crippen LogP contribution in [0.3, 0.4) is 0 Å². The smallest absolute Gasteiger partial charge is 0.274 e. The van der Waals surface area contributed by atoms with Gasteiger partial charge in [0.15, 0.2) is 0 Å². The Morgan fingerprint density at radius 1 is 0.837 bits per heavy atom. The van der Waals surface area contributed by atoms with Gasteiger partial charge in [-0.25, -0.2) is 4.90 Å². The third-order valence-corrected chi connectivity index (χ3v) is 9.14. The number of nitrogens with zero attached hydrogens (tertiary/aromatic N) is 4. The standard InChI is InChI=1S/C31H20BrN5O6/c32-17-9-11-18(12-10-17)35-29(38)27-26-20-5-1-3-7-22(20)31(28(27)30(35)39,23-8-4-2-6-21(23)26)16-33-34-24-14-13-19(36(40)41)15-25(24)37(42)43/h1-16,26-28,34H/b33-16-/t26?,27-,28+,31?/m1/s1. The number of hydrogen-bond donors (Lipinski definition) is 1. The van der Waals surface area contributed by atoms with E-state index in [-0.39, 0.29) is 23.4 Å². The molecule has 8 rings (SSSR count). The van der Waals surface area contributed by atoms with Gasteiger partial charge in [-0.15, -0.1) is 0 Å². The molecule has 1 heterocycles. The number of nitro benzene ring substituents is 2. The number of amides is 2. The Hall–Kier alpha value is -5.23. The van der Waals surface area contributed by atoms with Crippen LogP contribution in [-0.2, 0) is 15.0 Å². The number of carbonyl (C=O) groups is 2. The van der Waals surface area contributed by atoms with Gasteiger partial charge in [-0.2, -0.15) is 5.10 Å². The van der Waals surface area contributed by atoms with Crippen LogP contribution in [0.15, 0.2) is 101 Å². The number of hydrazone groups is 1. The maximum Gasteiger partial charge on any atom is 0.301 e. The molecule has 1 N–H and O–H groups in total. The minimum absolute atomic E-state index is 0.0591. The van der Waals surface area contributed by atoms with Crippen molar-refractivity contribution in [3.8, 4) is 0 Å². The normalized spacial score (nSPS) is 23.2. The molecule has 43 heavy (non-hydrogen) atoms. The summed E-state index contributed by atoms with van der Waals surface area (Å²) >= 11 is 3.41. The van der Waals surface area contributed by atoms with Gasteiger partial charge in [0.25, 0.3) is 5.69 Å². The first-order chi connectivity index (χ1) is 20.7. The second kappa shape index (κ2) is 9.66. The second-order valence-corrected chi connectivity index (χ2v) is 11.5. The van der Waals surface area contributed by atoms with Crippen molar-refractivity contribution >= 4 is 56.7 Å². The summed E-state index contributed by atoms with van der Waals surface area (Å²) in [6, 6.07) is 25.5. The van der Waals surface area contributed by atoms with Crippen LogP contribution < -0.4 is 10.3 Å². The van der Waals surface area contributed by atoms with E-state index in [4.69, 9.17) is 0 Å². The van der Waals surface area contributed by atoms with Gasteiger partial charge < -0.3 is 0 Å². The Bertz CT molecular complexity index is 1860. The molecule has 2 atom stereocenters. The summed E-state index contributed by atoms with van der Waals surface area (Å²) < 4.78 is 0.808. The molecule has 2 bridgehead atoms. The van der Waals surface area contributed by atoms with Crippen molar-refractivity contribution in [2.24, 2.45) is 16.9 Å². The predicted molar refractivity (Wildman–Crippen MR) is 161 cm³/mol. The zero-order chi connectivity index (χ0) is 30.0. The molecule has 4 aromatic carbocycles. The average molecular weight is 638 g/mol. The van der Waals surface area contributed by atoms with Gasteiger partial charge in [-0.3, -0.25) is 35.2 Å². The van der Waals surface area contributed by atoms with Gasteiger partial charge in [0, 0.05) is 22.7 Å². The monoisotopic (exact) mass is 637 g/mol. The lowest BCUT2D eigenvalue weighted by atomic mass is 9.47. The molecule has 1 fully saturated rings. The van der Waals surface area contributed by atoms with Gasteiger partial charge in [0.05, 0.1) is 38.9 Å². The summed E-state index contributed by atoms with van der Waals surface area (Å²) in [5.41, 5.74) is 4.42. The van der Waals surface area contributed by atoms with Gasteiger partial charge in [-0.05, 0) is 52.6 Å². The lowest BCUT2D eigenvalue weighted by Gasteiger charge is -2.52. The van der Waals surface area contributed by atoms with E-state index in [1.165, 1.54) is 11.0 Å². The SMILES string of the molecule is O=C1[C@@H]2C3c4ccccc4C(/C=N\Nc4ccc([N+](=O)[O-])cc4[N+](=O)[O-])(c4ccccc43)[C@@H]2C(=O)N1c1ccc(Br)cc1. The third-order valence-electron chi connectivity index (χ3n) is 8.61. The lowest BCUT2D eigenvalue weighted by Crippen LogP contribution is -2.54. The molecule has 212 valence electrons. The molecule has 4 aromatic rings. The Morgan fingerprint density at radius 2 is 1.47 bits per heavy atom. The number of non-ortho nitro benzene ring substituents is 1. The van der Waals surface area contributed by atoms with E-state index >= 15 is 0 Å². The lowest BCUT2D eigenvalue weighted by molar-refractivity contribution is -0.393. The van der Waals surface area contributed by atoms with Crippen molar-refractivity contribution in [2.45, 2.75) is 11.3 Å². The first-order valence-corrected chi connectivity index (χ1v) is 14.1. The number of nitro groups is 2. The maximum absolute atomic E-state index is 14.4. The van der Waals surface area contributed by atoms with E-state index in [0.717, 1.165) is 38.9 Å². The molecule has 1 saturated heterocycles.